The molecule has 0 aliphatic heterocycles. The summed E-state index contributed by atoms with van der Waals surface area (Å²) in [5.41, 5.74) is 3.45. The number of hydrogen-bond donors (Lipinski definition) is 1. The minimum Gasteiger partial charge on any atom is -0.497 e. The molecule has 2 aromatic carbocycles. The fourth-order valence-electron chi connectivity index (χ4n) is 3.51. The number of nitrogens with one attached hydrogen (secondary N) is 1. The number of methoxy groups -OCH3 is 2. The SMILES string of the molecule is COc1cccc(CCCNS(=O)(=O)c2cc3c(cc2OC)CCCC3)c1. The molecule has 3 rings (SSSR count). The van der Waals surface area contributed by atoms with Crippen LogP contribution in [0, 0.1) is 0 Å². The van der Waals surface area contributed by atoms with E-state index in [4.69, 9.17) is 9.47 Å². The van der Waals surface area contributed by atoms with Gasteiger partial charge in [0.15, 0.2) is 0 Å². The third kappa shape index (κ3) is 4.82. The summed E-state index contributed by atoms with van der Waals surface area (Å²) in [4.78, 5) is 0.243. The minimum atomic E-state index is -3.60. The fraction of sp³-hybridized carbons (Fsp3) is 0.429. The summed E-state index contributed by atoms with van der Waals surface area (Å²) in [6.45, 7) is 0.375. The highest BCUT2D eigenvalue weighted by atomic mass is 32.2. The second-order valence-electron chi connectivity index (χ2n) is 6.83. The van der Waals surface area contributed by atoms with E-state index in [0.29, 0.717) is 18.7 Å². The van der Waals surface area contributed by atoms with Crippen molar-refractivity contribution in [3.63, 3.8) is 0 Å². The lowest BCUT2D eigenvalue weighted by Crippen LogP contribution is -2.26. The van der Waals surface area contributed by atoms with Crippen LogP contribution in [0.3, 0.4) is 0 Å². The summed E-state index contributed by atoms with van der Waals surface area (Å²) in [6, 6.07) is 11.5. The van der Waals surface area contributed by atoms with Crippen LogP contribution >= 0.6 is 0 Å². The Hall–Kier alpha value is -2.05. The van der Waals surface area contributed by atoms with Crippen molar-refractivity contribution >= 4 is 10.0 Å². The topological polar surface area (TPSA) is 64.6 Å². The third-order valence-corrected chi connectivity index (χ3v) is 6.47. The number of fused-ring (bicyclic) bond motifs is 1. The lowest BCUT2D eigenvalue weighted by atomic mass is 9.92. The predicted molar refractivity (Wildman–Crippen MR) is 106 cm³/mol. The van der Waals surface area contributed by atoms with Crippen molar-refractivity contribution in [1.82, 2.24) is 4.72 Å². The molecule has 0 radical (unpaired) electrons. The Morgan fingerprint density at radius 2 is 1.74 bits per heavy atom. The Bertz CT molecular complexity index is 893. The molecule has 1 aliphatic rings. The number of sulfonamides is 1. The summed E-state index contributed by atoms with van der Waals surface area (Å²) >= 11 is 0. The molecule has 0 fully saturated rings. The highest BCUT2D eigenvalue weighted by molar-refractivity contribution is 7.89. The van der Waals surface area contributed by atoms with E-state index in [9.17, 15) is 8.42 Å². The average molecular weight is 390 g/mol. The number of hydrogen-bond acceptors (Lipinski definition) is 4. The standard InChI is InChI=1S/C21H27NO4S/c1-25-19-11-5-7-16(13-19)8-6-12-22-27(23,24)21-15-18-10-4-3-9-17(18)14-20(21)26-2/h5,7,11,13-15,22H,3-4,6,8-10,12H2,1-2H3. The van der Waals surface area contributed by atoms with E-state index >= 15 is 0 Å². The molecule has 0 amide bonds. The average Bonchev–Trinajstić information content (AvgIpc) is 2.70. The van der Waals surface area contributed by atoms with Crippen LogP contribution in [0.15, 0.2) is 41.3 Å². The molecular formula is C21H27NO4S. The molecule has 0 atom stereocenters. The van der Waals surface area contributed by atoms with Crippen molar-refractivity contribution in [2.45, 2.75) is 43.4 Å². The smallest absolute Gasteiger partial charge is 0.244 e. The molecule has 0 spiro atoms. The van der Waals surface area contributed by atoms with Crippen LogP contribution < -0.4 is 14.2 Å². The molecule has 2 aromatic rings. The number of benzene rings is 2. The zero-order valence-electron chi connectivity index (χ0n) is 16.0. The molecule has 0 heterocycles. The molecule has 146 valence electrons. The largest absolute Gasteiger partial charge is 0.497 e. The molecule has 0 bridgehead atoms. The number of rotatable bonds is 8. The van der Waals surface area contributed by atoms with E-state index in [1.165, 1.54) is 12.7 Å². The van der Waals surface area contributed by atoms with Gasteiger partial charge in [0.1, 0.15) is 16.4 Å². The fourth-order valence-corrected chi connectivity index (χ4v) is 4.79. The van der Waals surface area contributed by atoms with Crippen LogP contribution in [0.4, 0.5) is 0 Å². The van der Waals surface area contributed by atoms with Gasteiger partial charge in [-0.25, -0.2) is 13.1 Å². The second kappa shape index (κ2) is 8.76. The number of ether oxygens (including phenoxy) is 2. The molecule has 0 unspecified atom stereocenters. The number of aryl methyl sites for hydroxylation is 3. The van der Waals surface area contributed by atoms with Gasteiger partial charge in [0.25, 0.3) is 0 Å². The summed E-state index contributed by atoms with van der Waals surface area (Å²) in [5.74, 6) is 1.24. The minimum absolute atomic E-state index is 0.243. The van der Waals surface area contributed by atoms with E-state index < -0.39 is 10.0 Å². The Balaban J connectivity index is 1.66. The first kappa shape index (κ1) is 19.7. The molecular weight excluding hydrogens is 362 g/mol. The first-order valence-corrected chi connectivity index (χ1v) is 10.8. The van der Waals surface area contributed by atoms with Gasteiger partial charge in [0, 0.05) is 6.54 Å². The van der Waals surface area contributed by atoms with Crippen molar-refractivity contribution in [1.29, 1.82) is 0 Å². The third-order valence-electron chi connectivity index (χ3n) is 4.99. The molecule has 0 saturated carbocycles. The monoisotopic (exact) mass is 389 g/mol. The molecule has 6 heteroatoms. The van der Waals surface area contributed by atoms with Crippen LogP contribution in [0.1, 0.15) is 36.0 Å². The van der Waals surface area contributed by atoms with Gasteiger partial charge < -0.3 is 9.47 Å². The van der Waals surface area contributed by atoms with Crippen molar-refractivity contribution in [3.05, 3.63) is 53.1 Å². The van der Waals surface area contributed by atoms with E-state index in [-0.39, 0.29) is 4.90 Å². The molecule has 0 saturated heterocycles. The molecule has 1 N–H and O–H groups in total. The molecule has 0 aromatic heterocycles. The van der Waals surface area contributed by atoms with E-state index in [1.807, 2.05) is 30.3 Å². The van der Waals surface area contributed by atoms with Gasteiger partial charge in [0.05, 0.1) is 14.2 Å². The quantitative estimate of drug-likeness (QED) is 0.702. The molecule has 27 heavy (non-hydrogen) atoms. The second-order valence-corrected chi connectivity index (χ2v) is 8.57. The van der Waals surface area contributed by atoms with E-state index in [0.717, 1.165) is 49.0 Å². The summed E-state index contributed by atoms with van der Waals surface area (Å²) in [6.07, 6.45) is 5.65. The zero-order valence-corrected chi connectivity index (χ0v) is 16.8. The van der Waals surface area contributed by atoms with Gasteiger partial charge >= 0.3 is 0 Å². The maximum Gasteiger partial charge on any atom is 0.244 e. The van der Waals surface area contributed by atoms with Crippen LogP contribution in [0.5, 0.6) is 11.5 Å². The zero-order chi connectivity index (χ0) is 19.3. The van der Waals surface area contributed by atoms with E-state index in [1.54, 1.807) is 13.2 Å². The van der Waals surface area contributed by atoms with Gasteiger partial charge in [0.2, 0.25) is 10.0 Å². The van der Waals surface area contributed by atoms with Gasteiger partial charge in [-0.15, -0.1) is 0 Å². The van der Waals surface area contributed by atoms with Crippen molar-refractivity contribution < 1.29 is 17.9 Å². The van der Waals surface area contributed by atoms with Gasteiger partial charge in [-0.3, -0.25) is 0 Å². The lowest BCUT2D eigenvalue weighted by Gasteiger charge is -2.19. The normalized spacial score (nSPS) is 13.9. The molecule has 1 aliphatic carbocycles. The van der Waals surface area contributed by atoms with Crippen molar-refractivity contribution in [2.75, 3.05) is 20.8 Å². The van der Waals surface area contributed by atoms with Crippen LogP contribution in [-0.2, 0) is 29.3 Å². The van der Waals surface area contributed by atoms with Crippen LogP contribution in [-0.4, -0.2) is 29.2 Å². The molecule has 5 nitrogen and oxygen atoms in total. The van der Waals surface area contributed by atoms with Gasteiger partial charge in [-0.2, -0.15) is 0 Å². The van der Waals surface area contributed by atoms with Crippen LogP contribution in [0.25, 0.3) is 0 Å². The Morgan fingerprint density at radius 1 is 1.00 bits per heavy atom. The highest BCUT2D eigenvalue weighted by Gasteiger charge is 2.22. The highest BCUT2D eigenvalue weighted by Crippen LogP contribution is 2.31. The van der Waals surface area contributed by atoms with Crippen molar-refractivity contribution in [2.24, 2.45) is 0 Å². The Labute approximate surface area is 161 Å². The van der Waals surface area contributed by atoms with Gasteiger partial charge in [-0.1, -0.05) is 12.1 Å². The van der Waals surface area contributed by atoms with Crippen molar-refractivity contribution in [3.8, 4) is 11.5 Å². The van der Waals surface area contributed by atoms with E-state index in [2.05, 4.69) is 4.72 Å². The maximum absolute atomic E-state index is 12.8. The van der Waals surface area contributed by atoms with Gasteiger partial charge in [-0.05, 0) is 79.5 Å². The van der Waals surface area contributed by atoms with Crippen LogP contribution in [0.2, 0.25) is 0 Å². The Morgan fingerprint density at radius 3 is 2.44 bits per heavy atom. The Kier molecular flexibility index (Phi) is 6.39. The summed E-state index contributed by atoms with van der Waals surface area (Å²) in [7, 11) is -0.445. The summed E-state index contributed by atoms with van der Waals surface area (Å²) in [5, 5.41) is 0. The predicted octanol–water partition coefficient (Wildman–Crippen LogP) is 3.49. The summed E-state index contributed by atoms with van der Waals surface area (Å²) < 4.78 is 38.9. The first-order chi connectivity index (χ1) is 13.0. The first-order valence-electron chi connectivity index (χ1n) is 9.36. The lowest BCUT2D eigenvalue weighted by molar-refractivity contribution is 0.401. The maximum atomic E-state index is 12.8.